The molecule has 0 spiro atoms. The van der Waals surface area contributed by atoms with Gasteiger partial charge in [0.25, 0.3) is 0 Å². The van der Waals surface area contributed by atoms with Crippen LogP contribution >= 0.6 is 0 Å². The van der Waals surface area contributed by atoms with Crippen molar-refractivity contribution in [2.75, 3.05) is 6.61 Å². The number of alkyl halides is 2. The van der Waals surface area contributed by atoms with Crippen molar-refractivity contribution in [1.29, 1.82) is 0 Å². The Morgan fingerprint density at radius 2 is 1.95 bits per heavy atom. The highest BCUT2D eigenvalue weighted by Gasteiger charge is 2.44. The number of fused-ring (bicyclic) bond motifs is 1. The molecule has 0 bridgehead atoms. The Bertz CT molecular complexity index is 544. The maximum atomic E-state index is 13.0. The number of halogens is 2. The monoisotopic (exact) mass is 300 g/mol. The maximum absolute atomic E-state index is 13.0. The molecule has 1 unspecified atom stereocenters. The summed E-state index contributed by atoms with van der Waals surface area (Å²) in [6.45, 7) is 3.92. The normalized spacial score (nSPS) is 28.8. The minimum absolute atomic E-state index is 0.0449. The number of rotatable bonds is 3. The molecule has 4 nitrogen and oxygen atoms in total. The van der Waals surface area contributed by atoms with Crippen LogP contribution in [0.15, 0.2) is 18.2 Å². The Kier molecular flexibility index (Phi) is 3.33. The molecule has 3 rings (SSSR count). The molecule has 6 heteroatoms. The quantitative estimate of drug-likeness (QED) is 0.932. The summed E-state index contributed by atoms with van der Waals surface area (Å²) in [7, 11) is 0. The minimum Gasteiger partial charge on any atom is -0.395 e. The van der Waals surface area contributed by atoms with Gasteiger partial charge in [0.15, 0.2) is 11.5 Å². The van der Waals surface area contributed by atoms with E-state index in [1.165, 1.54) is 6.07 Å². The Morgan fingerprint density at radius 1 is 1.24 bits per heavy atom. The van der Waals surface area contributed by atoms with Gasteiger partial charge in [-0.15, -0.1) is 8.78 Å². The first-order chi connectivity index (χ1) is 9.78. The summed E-state index contributed by atoms with van der Waals surface area (Å²) >= 11 is 0. The van der Waals surface area contributed by atoms with Gasteiger partial charge in [0.05, 0.1) is 18.3 Å². The molecular formula is C15H18F2O4. The topological polar surface area (TPSA) is 47.9 Å². The zero-order valence-corrected chi connectivity index (χ0v) is 11.9. The number of ether oxygens (including phenoxy) is 3. The van der Waals surface area contributed by atoms with Crippen molar-refractivity contribution in [2.45, 2.75) is 44.7 Å². The van der Waals surface area contributed by atoms with Gasteiger partial charge in [-0.25, -0.2) is 0 Å². The van der Waals surface area contributed by atoms with Crippen molar-refractivity contribution in [3.8, 4) is 11.5 Å². The van der Waals surface area contributed by atoms with Gasteiger partial charge < -0.3 is 19.3 Å². The molecule has 1 saturated heterocycles. The Labute approximate surface area is 121 Å². The van der Waals surface area contributed by atoms with Gasteiger partial charge in [0.2, 0.25) is 0 Å². The first-order valence-corrected chi connectivity index (χ1v) is 6.95. The first-order valence-electron chi connectivity index (χ1n) is 6.95. The molecule has 1 aromatic rings. The Hall–Kier alpha value is -1.40. The fourth-order valence-electron chi connectivity index (χ4n) is 3.13. The number of aliphatic hydroxyl groups excluding tert-OH is 1. The predicted octanol–water partition coefficient (Wildman–Crippen LogP) is 2.73. The van der Waals surface area contributed by atoms with Gasteiger partial charge in [0.1, 0.15) is 0 Å². The zero-order valence-electron chi connectivity index (χ0n) is 11.9. The average Bonchev–Trinajstić information content (AvgIpc) is 2.83. The van der Waals surface area contributed by atoms with Crippen LogP contribution in [0.25, 0.3) is 0 Å². The molecule has 1 fully saturated rings. The molecule has 1 N–H and O–H groups in total. The molecule has 116 valence electrons. The molecule has 0 amide bonds. The van der Waals surface area contributed by atoms with Crippen LogP contribution in [0.1, 0.15) is 25.8 Å². The van der Waals surface area contributed by atoms with Crippen LogP contribution in [-0.2, 0) is 11.2 Å². The molecule has 2 atom stereocenters. The van der Waals surface area contributed by atoms with Crippen molar-refractivity contribution >= 4 is 0 Å². The second kappa shape index (κ2) is 4.81. The molecule has 1 aromatic carbocycles. The van der Waals surface area contributed by atoms with Crippen LogP contribution in [-0.4, -0.2) is 29.7 Å². The third-order valence-electron chi connectivity index (χ3n) is 3.89. The van der Waals surface area contributed by atoms with Crippen LogP contribution in [0.5, 0.6) is 11.5 Å². The van der Waals surface area contributed by atoms with Crippen molar-refractivity contribution in [3.05, 3.63) is 23.8 Å². The van der Waals surface area contributed by atoms with Crippen LogP contribution in [0.3, 0.4) is 0 Å². The van der Waals surface area contributed by atoms with E-state index < -0.39 is 6.29 Å². The first kappa shape index (κ1) is 14.5. The van der Waals surface area contributed by atoms with E-state index in [9.17, 15) is 13.9 Å². The van der Waals surface area contributed by atoms with Crippen molar-refractivity contribution in [2.24, 2.45) is 5.92 Å². The van der Waals surface area contributed by atoms with Crippen molar-refractivity contribution in [3.63, 3.8) is 0 Å². The summed E-state index contributed by atoms with van der Waals surface area (Å²) < 4.78 is 40.6. The van der Waals surface area contributed by atoms with Crippen molar-refractivity contribution in [1.82, 2.24) is 0 Å². The fourth-order valence-corrected chi connectivity index (χ4v) is 3.13. The van der Waals surface area contributed by atoms with Gasteiger partial charge >= 0.3 is 6.29 Å². The maximum Gasteiger partial charge on any atom is 0.586 e. The van der Waals surface area contributed by atoms with Gasteiger partial charge in [-0.1, -0.05) is 6.07 Å². The van der Waals surface area contributed by atoms with Crippen LogP contribution in [0.4, 0.5) is 8.78 Å². The van der Waals surface area contributed by atoms with E-state index in [0.29, 0.717) is 6.42 Å². The molecule has 0 aromatic heterocycles. The summed E-state index contributed by atoms with van der Waals surface area (Å²) in [5.41, 5.74) is 0.585. The average molecular weight is 300 g/mol. The van der Waals surface area contributed by atoms with E-state index in [1.54, 1.807) is 12.1 Å². The molecule has 2 heterocycles. The Morgan fingerprint density at radius 3 is 2.67 bits per heavy atom. The Balaban J connectivity index is 1.75. The number of aliphatic hydroxyl groups is 1. The second-order valence-corrected chi connectivity index (χ2v) is 6.22. The lowest BCUT2D eigenvalue weighted by Gasteiger charge is -2.18. The molecular weight excluding hydrogens is 282 g/mol. The van der Waals surface area contributed by atoms with Crippen molar-refractivity contribution < 1.29 is 28.1 Å². The van der Waals surface area contributed by atoms with Crippen LogP contribution in [0.2, 0.25) is 0 Å². The van der Waals surface area contributed by atoms with E-state index in [4.69, 9.17) is 4.74 Å². The van der Waals surface area contributed by atoms with Gasteiger partial charge in [-0.3, -0.25) is 0 Å². The van der Waals surface area contributed by atoms with E-state index >= 15 is 0 Å². The van der Waals surface area contributed by atoms with E-state index in [-0.39, 0.29) is 35.7 Å². The smallest absolute Gasteiger partial charge is 0.395 e. The lowest BCUT2D eigenvalue weighted by atomic mass is 9.88. The van der Waals surface area contributed by atoms with Gasteiger partial charge in [-0.05, 0) is 50.3 Å². The van der Waals surface area contributed by atoms with Gasteiger partial charge in [0, 0.05) is 0 Å². The van der Waals surface area contributed by atoms with Crippen LogP contribution < -0.4 is 9.47 Å². The minimum atomic E-state index is -3.59. The summed E-state index contributed by atoms with van der Waals surface area (Å²) in [5, 5.41) is 9.40. The van der Waals surface area contributed by atoms with Crippen LogP contribution in [0, 0.1) is 5.92 Å². The fraction of sp³-hybridized carbons (Fsp3) is 0.600. The summed E-state index contributed by atoms with van der Waals surface area (Å²) in [6.07, 6.45) is -2.38. The number of benzene rings is 1. The van der Waals surface area contributed by atoms with E-state index in [0.717, 1.165) is 12.0 Å². The SMILES string of the molecule is CC1(C)CC(Cc2ccc3c(c2)OC(F)(F)O3)[C@@H](CO)O1. The molecule has 0 aliphatic carbocycles. The molecule has 2 aliphatic heterocycles. The number of hydrogen-bond acceptors (Lipinski definition) is 4. The van der Waals surface area contributed by atoms with Gasteiger partial charge in [-0.2, -0.15) is 0 Å². The predicted molar refractivity (Wildman–Crippen MR) is 70.5 cm³/mol. The molecule has 2 aliphatic rings. The number of hydrogen-bond donors (Lipinski definition) is 1. The summed E-state index contributed by atoms with van der Waals surface area (Å²) in [6, 6.07) is 4.79. The summed E-state index contributed by atoms with van der Waals surface area (Å²) in [4.78, 5) is 0. The third kappa shape index (κ3) is 2.96. The molecule has 0 saturated carbocycles. The standard InChI is InChI=1S/C15H18F2O4/c1-14(2)7-10(13(8-18)19-14)5-9-3-4-11-12(6-9)21-15(16,17)20-11/h3-4,6,10,13,18H,5,7-8H2,1-2H3/t10?,13-/m1/s1. The van der Waals surface area contributed by atoms with E-state index in [1.807, 2.05) is 13.8 Å². The third-order valence-corrected chi connectivity index (χ3v) is 3.89. The lowest BCUT2D eigenvalue weighted by molar-refractivity contribution is -0.286. The molecule has 0 radical (unpaired) electrons. The highest BCUT2D eigenvalue weighted by atomic mass is 19.3. The highest BCUT2D eigenvalue weighted by molar-refractivity contribution is 5.45. The lowest BCUT2D eigenvalue weighted by Crippen LogP contribution is -2.26. The highest BCUT2D eigenvalue weighted by Crippen LogP contribution is 2.42. The molecule has 21 heavy (non-hydrogen) atoms. The largest absolute Gasteiger partial charge is 0.586 e. The second-order valence-electron chi connectivity index (χ2n) is 6.22. The zero-order chi connectivity index (χ0) is 15.3. The van der Waals surface area contributed by atoms with E-state index in [2.05, 4.69) is 9.47 Å². The summed E-state index contributed by atoms with van der Waals surface area (Å²) in [5.74, 6) is 0.243.